The molecule has 0 N–H and O–H groups in total. The van der Waals surface area contributed by atoms with Gasteiger partial charge in [-0.2, -0.15) is 0 Å². The first-order valence-corrected chi connectivity index (χ1v) is 10.4. The Kier molecular flexibility index (Phi) is 5.94. The van der Waals surface area contributed by atoms with Gasteiger partial charge in [0, 0.05) is 43.0 Å². The molecule has 1 heterocycles. The zero-order chi connectivity index (χ0) is 20.9. The molecule has 4 heteroatoms. The molecule has 3 aromatic carbocycles. The second-order valence-electron chi connectivity index (χ2n) is 7.70. The molecular weight excluding hydrogens is 372 g/mol. The fraction of sp³-hybridized carbons (Fsp3) is 0.231. The maximum absolute atomic E-state index is 13.2. The van der Waals surface area contributed by atoms with Gasteiger partial charge in [0.2, 0.25) is 0 Å². The lowest BCUT2D eigenvalue weighted by Gasteiger charge is -2.36. The van der Waals surface area contributed by atoms with E-state index in [0.717, 1.165) is 41.9 Å². The maximum atomic E-state index is 13.2. The number of carbonyl (C=O) groups excluding carboxylic acids is 2. The second kappa shape index (κ2) is 8.95. The minimum absolute atomic E-state index is 0.0751. The van der Waals surface area contributed by atoms with Crippen LogP contribution in [0.3, 0.4) is 0 Å². The van der Waals surface area contributed by atoms with Gasteiger partial charge in [-0.15, -0.1) is 0 Å². The van der Waals surface area contributed by atoms with Crippen molar-refractivity contribution in [2.75, 3.05) is 31.1 Å². The number of piperazine rings is 1. The molecule has 0 atom stereocenters. The van der Waals surface area contributed by atoms with E-state index in [9.17, 15) is 9.59 Å². The van der Waals surface area contributed by atoms with Crippen molar-refractivity contribution >= 4 is 17.4 Å². The largest absolute Gasteiger partial charge is 0.368 e. The van der Waals surface area contributed by atoms with E-state index in [4.69, 9.17) is 0 Å². The van der Waals surface area contributed by atoms with Gasteiger partial charge in [0.1, 0.15) is 0 Å². The van der Waals surface area contributed by atoms with Crippen LogP contribution in [-0.2, 0) is 6.42 Å². The van der Waals surface area contributed by atoms with Crippen molar-refractivity contribution in [2.45, 2.75) is 13.3 Å². The molecule has 0 unspecified atom stereocenters. The van der Waals surface area contributed by atoms with Crippen LogP contribution < -0.4 is 4.90 Å². The monoisotopic (exact) mass is 398 g/mol. The number of ketones is 1. The van der Waals surface area contributed by atoms with E-state index in [1.807, 2.05) is 71.6 Å². The predicted octanol–water partition coefficient (Wildman–Crippen LogP) is 4.44. The fourth-order valence-corrected chi connectivity index (χ4v) is 3.94. The quantitative estimate of drug-likeness (QED) is 0.597. The fourth-order valence-electron chi connectivity index (χ4n) is 3.94. The van der Waals surface area contributed by atoms with Gasteiger partial charge in [-0.3, -0.25) is 9.59 Å². The lowest BCUT2D eigenvalue weighted by molar-refractivity contribution is 0.0745. The Morgan fingerprint density at radius 1 is 0.767 bits per heavy atom. The number of hydrogen-bond donors (Lipinski definition) is 0. The number of carbonyl (C=O) groups is 2. The van der Waals surface area contributed by atoms with E-state index < -0.39 is 0 Å². The number of amides is 1. The highest BCUT2D eigenvalue weighted by Crippen LogP contribution is 2.21. The van der Waals surface area contributed by atoms with E-state index in [1.165, 1.54) is 5.56 Å². The van der Waals surface area contributed by atoms with Crippen LogP contribution in [0.2, 0.25) is 0 Å². The molecule has 1 fully saturated rings. The molecular formula is C26H26N2O2. The normalized spacial score (nSPS) is 13.9. The van der Waals surface area contributed by atoms with Gasteiger partial charge in [0.25, 0.3) is 5.91 Å². The molecule has 0 radical (unpaired) electrons. The summed E-state index contributed by atoms with van der Waals surface area (Å²) in [6.45, 7) is 4.52. The molecule has 0 aliphatic carbocycles. The third kappa shape index (κ3) is 4.43. The number of hydrogen-bond acceptors (Lipinski definition) is 3. The first-order chi connectivity index (χ1) is 14.6. The summed E-state index contributed by atoms with van der Waals surface area (Å²) in [5.41, 5.74) is 4.88. The van der Waals surface area contributed by atoms with E-state index in [1.54, 1.807) is 6.92 Å². The zero-order valence-corrected chi connectivity index (χ0v) is 17.3. The number of anilines is 1. The number of nitrogens with zero attached hydrogens (tertiary/aromatic N) is 2. The minimum Gasteiger partial charge on any atom is -0.368 e. The minimum atomic E-state index is 0.0751. The number of benzene rings is 3. The molecule has 4 rings (SSSR count). The van der Waals surface area contributed by atoms with Gasteiger partial charge >= 0.3 is 0 Å². The highest BCUT2D eigenvalue weighted by Gasteiger charge is 2.24. The molecule has 152 valence electrons. The molecule has 0 spiro atoms. The molecule has 4 nitrogen and oxygen atoms in total. The van der Waals surface area contributed by atoms with E-state index in [2.05, 4.69) is 17.0 Å². The van der Waals surface area contributed by atoms with Gasteiger partial charge in [-0.25, -0.2) is 0 Å². The standard InChI is InChI=1S/C26H26N2O2/c1-20(29)22-11-13-24(14-12-22)27-15-17-28(18-16-27)26(30)25-10-6-5-9-23(25)19-21-7-3-2-4-8-21/h2-14H,15-19H2,1H3. The molecule has 3 aromatic rings. The molecule has 1 aliphatic rings. The first kappa shape index (κ1) is 19.9. The van der Waals surface area contributed by atoms with Crippen LogP contribution in [0.1, 0.15) is 38.8 Å². The summed E-state index contributed by atoms with van der Waals surface area (Å²) in [6, 6.07) is 25.9. The number of rotatable bonds is 5. The van der Waals surface area contributed by atoms with Crippen molar-refractivity contribution in [1.82, 2.24) is 4.90 Å². The Hall–Kier alpha value is -3.40. The average Bonchev–Trinajstić information content (AvgIpc) is 2.80. The highest BCUT2D eigenvalue weighted by molar-refractivity contribution is 5.96. The van der Waals surface area contributed by atoms with Crippen molar-refractivity contribution in [3.05, 3.63) is 101 Å². The van der Waals surface area contributed by atoms with Crippen LogP contribution in [0, 0.1) is 0 Å². The topological polar surface area (TPSA) is 40.6 Å². The SMILES string of the molecule is CC(=O)c1ccc(N2CCN(C(=O)c3ccccc3Cc3ccccc3)CC2)cc1. The number of Topliss-reactive ketones (excluding diaryl/α,β-unsaturated/α-hetero) is 1. The average molecular weight is 399 g/mol. The molecule has 1 aliphatic heterocycles. The Balaban J connectivity index is 1.43. The summed E-state index contributed by atoms with van der Waals surface area (Å²) < 4.78 is 0. The van der Waals surface area contributed by atoms with Crippen LogP contribution in [0.5, 0.6) is 0 Å². The van der Waals surface area contributed by atoms with Crippen molar-refractivity contribution in [3.63, 3.8) is 0 Å². The summed E-state index contributed by atoms with van der Waals surface area (Å²) in [4.78, 5) is 28.9. The van der Waals surface area contributed by atoms with Gasteiger partial charge in [-0.1, -0.05) is 48.5 Å². The van der Waals surface area contributed by atoms with E-state index >= 15 is 0 Å². The van der Waals surface area contributed by atoms with Crippen LogP contribution in [0.15, 0.2) is 78.9 Å². The summed E-state index contributed by atoms with van der Waals surface area (Å²) in [6.07, 6.45) is 0.755. The Morgan fingerprint density at radius 2 is 1.40 bits per heavy atom. The van der Waals surface area contributed by atoms with Crippen LogP contribution in [0.4, 0.5) is 5.69 Å². The molecule has 1 amide bonds. The van der Waals surface area contributed by atoms with Crippen LogP contribution in [-0.4, -0.2) is 42.8 Å². The zero-order valence-electron chi connectivity index (χ0n) is 17.3. The summed E-state index contributed by atoms with van der Waals surface area (Å²) in [5.74, 6) is 0.180. The molecule has 0 saturated carbocycles. The summed E-state index contributed by atoms with van der Waals surface area (Å²) in [5, 5.41) is 0. The van der Waals surface area contributed by atoms with E-state index in [-0.39, 0.29) is 11.7 Å². The molecule has 30 heavy (non-hydrogen) atoms. The van der Waals surface area contributed by atoms with Gasteiger partial charge in [0.15, 0.2) is 5.78 Å². The molecule has 0 aromatic heterocycles. The molecule has 1 saturated heterocycles. The van der Waals surface area contributed by atoms with Crippen molar-refractivity contribution < 1.29 is 9.59 Å². The first-order valence-electron chi connectivity index (χ1n) is 10.4. The lowest BCUT2D eigenvalue weighted by Crippen LogP contribution is -2.49. The third-order valence-corrected chi connectivity index (χ3v) is 5.69. The Morgan fingerprint density at radius 3 is 2.07 bits per heavy atom. The second-order valence-corrected chi connectivity index (χ2v) is 7.70. The van der Waals surface area contributed by atoms with E-state index in [0.29, 0.717) is 13.1 Å². The van der Waals surface area contributed by atoms with Crippen LogP contribution >= 0.6 is 0 Å². The maximum Gasteiger partial charge on any atom is 0.254 e. The lowest BCUT2D eigenvalue weighted by atomic mass is 9.99. The third-order valence-electron chi connectivity index (χ3n) is 5.69. The Bertz CT molecular complexity index is 1020. The van der Waals surface area contributed by atoms with Crippen molar-refractivity contribution in [3.8, 4) is 0 Å². The summed E-state index contributed by atoms with van der Waals surface area (Å²) >= 11 is 0. The molecule has 0 bridgehead atoms. The van der Waals surface area contributed by atoms with Gasteiger partial charge in [0.05, 0.1) is 0 Å². The van der Waals surface area contributed by atoms with Crippen molar-refractivity contribution in [2.24, 2.45) is 0 Å². The Labute approximate surface area is 177 Å². The van der Waals surface area contributed by atoms with Gasteiger partial charge in [-0.05, 0) is 54.8 Å². The highest BCUT2D eigenvalue weighted by atomic mass is 16.2. The summed E-state index contributed by atoms with van der Waals surface area (Å²) in [7, 11) is 0. The predicted molar refractivity (Wildman–Crippen MR) is 120 cm³/mol. The smallest absolute Gasteiger partial charge is 0.254 e. The van der Waals surface area contributed by atoms with Crippen molar-refractivity contribution in [1.29, 1.82) is 0 Å². The van der Waals surface area contributed by atoms with Gasteiger partial charge < -0.3 is 9.80 Å². The van der Waals surface area contributed by atoms with Crippen LogP contribution in [0.25, 0.3) is 0 Å².